The van der Waals surface area contributed by atoms with Gasteiger partial charge in [0.15, 0.2) is 0 Å². The maximum absolute atomic E-state index is 12.9. The van der Waals surface area contributed by atoms with Gasteiger partial charge >= 0.3 is 0 Å². The number of para-hydroxylation sites is 1. The van der Waals surface area contributed by atoms with Crippen LogP contribution in [0.15, 0.2) is 47.8 Å². The van der Waals surface area contributed by atoms with Crippen molar-refractivity contribution in [1.29, 1.82) is 0 Å². The lowest BCUT2D eigenvalue weighted by atomic mass is 10.2. The molecule has 0 atom stereocenters. The summed E-state index contributed by atoms with van der Waals surface area (Å²) in [5, 5.41) is 11.8. The summed E-state index contributed by atoms with van der Waals surface area (Å²) in [5.74, 6) is 0.163. The van der Waals surface area contributed by atoms with Crippen molar-refractivity contribution in [1.82, 2.24) is 9.47 Å². The summed E-state index contributed by atoms with van der Waals surface area (Å²) in [6, 6.07) is 13.2. The fraction of sp³-hybridized carbons (Fsp3) is 0.211. The molecule has 3 aromatic rings. The lowest BCUT2D eigenvalue weighted by Gasteiger charge is -2.19. The number of nitrogens with zero attached hydrogens (tertiary/aromatic N) is 2. The van der Waals surface area contributed by atoms with Crippen LogP contribution in [0.2, 0.25) is 0 Å². The zero-order valence-electron chi connectivity index (χ0n) is 14.0. The minimum absolute atomic E-state index is 0.0456. The highest BCUT2D eigenvalue weighted by Gasteiger charge is 2.20. The van der Waals surface area contributed by atoms with Gasteiger partial charge in [0.2, 0.25) is 0 Å². The van der Waals surface area contributed by atoms with Crippen molar-refractivity contribution in [2.45, 2.75) is 20.4 Å². The van der Waals surface area contributed by atoms with Crippen molar-refractivity contribution in [3.8, 4) is 11.4 Å². The van der Waals surface area contributed by atoms with E-state index in [1.165, 1.54) is 11.3 Å². The summed E-state index contributed by atoms with van der Waals surface area (Å²) in [6.45, 7) is 4.43. The first-order valence-corrected chi connectivity index (χ1v) is 8.62. The molecule has 0 aliphatic carbocycles. The molecule has 0 unspecified atom stereocenters. The Morgan fingerprint density at radius 3 is 2.46 bits per heavy atom. The van der Waals surface area contributed by atoms with E-state index in [0.717, 1.165) is 22.6 Å². The van der Waals surface area contributed by atoms with Gasteiger partial charge in [-0.1, -0.05) is 18.2 Å². The number of aryl methyl sites for hydroxylation is 2. The molecular formula is C19H20N2O2S. The van der Waals surface area contributed by atoms with Crippen molar-refractivity contribution in [3.63, 3.8) is 0 Å². The topological polar surface area (TPSA) is 45.5 Å². The van der Waals surface area contributed by atoms with Crippen LogP contribution in [0.25, 0.3) is 5.69 Å². The van der Waals surface area contributed by atoms with E-state index in [2.05, 4.69) is 4.57 Å². The maximum Gasteiger partial charge on any atom is 0.266 e. The summed E-state index contributed by atoms with van der Waals surface area (Å²) in [7, 11) is 1.76. The smallest absolute Gasteiger partial charge is 0.266 e. The van der Waals surface area contributed by atoms with Crippen LogP contribution in [0.1, 0.15) is 26.6 Å². The van der Waals surface area contributed by atoms with Gasteiger partial charge in [-0.25, -0.2) is 0 Å². The first kappa shape index (κ1) is 16.3. The Labute approximate surface area is 145 Å². The van der Waals surface area contributed by atoms with Gasteiger partial charge in [0, 0.05) is 30.5 Å². The summed E-state index contributed by atoms with van der Waals surface area (Å²) < 4.78 is 2.09. The molecule has 1 amide bonds. The number of hydrogen-bond donors (Lipinski definition) is 1. The molecule has 0 aliphatic heterocycles. The highest BCUT2D eigenvalue weighted by Crippen LogP contribution is 2.27. The highest BCUT2D eigenvalue weighted by molar-refractivity contribution is 7.12. The number of rotatable bonds is 4. The lowest BCUT2D eigenvalue weighted by Crippen LogP contribution is -2.26. The lowest BCUT2D eigenvalue weighted by molar-refractivity contribution is 0.0789. The molecule has 0 saturated heterocycles. The normalized spacial score (nSPS) is 10.8. The number of carbonyl (C=O) groups is 1. The van der Waals surface area contributed by atoms with E-state index in [0.29, 0.717) is 11.4 Å². The quantitative estimate of drug-likeness (QED) is 0.776. The first-order valence-electron chi connectivity index (χ1n) is 7.74. The Kier molecular flexibility index (Phi) is 4.44. The van der Waals surface area contributed by atoms with Gasteiger partial charge in [-0.15, -0.1) is 11.3 Å². The summed E-state index contributed by atoms with van der Waals surface area (Å²) in [5.41, 5.74) is 3.85. The van der Waals surface area contributed by atoms with Crippen molar-refractivity contribution >= 4 is 17.2 Å². The van der Waals surface area contributed by atoms with Gasteiger partial charge < -0.3 is 14.6 Å². The number of aromatic hydroxyl groups is 1. The fourth-order valence-corrected chi connectivity index (χ4v) is 3.70. The largest absolute Gasteiger partial charge is 0.508 e. The van der Waals surface area contributed by atoms with Crippen LogP contribution in [-0.4, -0.2) is 27.5 Å². The van der Waals surface area contributed by atoms with Gasteiger partial charge in [0.05, 0.1) is 5.69 Å². The average molecular weight is 340 g/mol. The number of benzene rings is 1. The number of thiophene rings is 1. The van der Waals surface area contributed by atoms with Crippen molar-refractivity contribution in [2.24, 2.45) is 0 Å². The van der Waals surface area contributed by atoms with Gasteiger partial charge in [0.25, 0.3) is 5.91 Å². The molecule has 0 aliphatic rings. The van der Waals surface area contributed by atoms with Crippen molar-refractivity contribution in [3.05, 3.63) is 69.7 Å². The van der Waals surface area contributed by atoms with Crippen molar-refractivity contribution in [2.75, 3.05) is 7.05 Å². The zero-order valence-corrected chi connectivity index (χ0v) is 14.8. The Bertz CT molecular complexity index is 860. The maximum atomic E-state index is 12.9. The summed E-state index contributed by atoms with van der Waals surface area (Å²) in [6.07, 6.45) is 0. The first-order chi connectivity index (χ1) is 11.5. The monoisotopic (exact) mass is 340 g/mol. The fourth-order valence-electron chi connectivity index (χ4n) is 2.83. The molecule has 124 valence electrons. The van der Waals surface area contributed by atoms with Crippen LogP contribution in [0.3, 0.4) is 0 Å². The predicted octanol–water partition coefficient (Wildman–Crippen LogP) is 4.13. The van der Waals surface area contributed by atoms with Crippen LogP contribution in [0.4, 0.5) is 0 Å². The minimum atomic E-state index is -0.0456. The van der Waals surface area contributed by atoms with Gasteiger partial charge in [-0.3, -0.25) is 4.79 Å². The van der Waals surface area contributed by atoms with Crippen LogP contribution in [0, 0.1) is 13.8 Å². The Morgan fingerprint density at radius 2 is 1.79 bits per heavy atom. The molecule has 0 radical (unpaired) electrons. The Morgan fingerprint density at radius 1 is 1.12 bits per heavy atom. The third-order valence-electron chi connectivity index (χ3n) is 4.10. The van der Waals surface area contributed by atoms with Crippen molar-refractivity contribution < 1.29 is 9.90 Å². The van der Waals surface area contributed by atoms with Crippen LogP contribution in [0.5, 0.6) is 5.75 Å². The summed E-state index contributed by atoms with van der Waals surface area (Å²) >= 11 is 1.44. The van der Waals surface area contributed by atoms with Gasteiger partial charge in [-0.05, 0) is 43.5 Å². The van der Waals surface area contributed by atoms with Crippen LogP contribution in [-0.2, 0) is 6.54 Å². The molecule has 4 nitrogen and oxygen atoms in total. The van der Waals surface area contributed by atoms with E-state index < -0.39 is 0 Å². The van der Waals surface area contributed by atoms with Crippen LogP contribution < -0.4 is 0 Å². The molecule has 0 bridgehead atoms. The number of aromatic nitrogens is 1. The van der Waals surface area contributed by atoms with E-state index in [-0.39, 0.29) is 11.7 Å². The average Bonchev–Trinajstić information content (AvgIpc) is 3.15. The SMILES string of the molecule is Cc1ccc(C)n1-c1ccsc1C(=O)N(C)Cc1ccccc1O. The number of carbonyl (C=O) groups excluding carboxylic acids is 1. The second-order valence-corrected chi connectivity index (χ2v) is 6.79. The third-order valence-corrected chi connectivity index (χ3v) is 4.99. The molecule has 2 heterocycles. The zero-order chi connectivity index (χ0) is 17.3. The van der Waals surface area contributed by atoms with E-state index >= 15 is 0 Å². The Hall–Kier alpha value is -2.53. The number of amides is 1. The predicted molar refractivity (Wildman–Crippen MR) is 97.0 cm³/mol. The molecule has 2 aromatic heterocycles. The van der Waals surface area contributed by atoms with Gasteiger partial charge in [-0.2, -0.15) is 0 Å². The van der Waals surface area contributed by atoms with E-state index in [1.807, 2.05) is 49.6 Å². The molecule has 0 saturated carbocycles. The molecule has 0 fully saturated rings. The van der Waals surface area contributed by atoms with E-state index in [1.54, 1.807) is 24.1 Å². The van der Waals surface area contributed by atoms with E-state index in [9.17, 15) is 9.90 Å². The molecule has 3 rings (SSSR count). The second kappa shape index (κ2) is 6.53. The number of phenolic OH excluding ortho intramolecular Hbond substituents is 1. The molecule has 1 aromatic carbocycles. The minimum Gasteiger partial charge on any atom is -0.508 e. The third kappa shape index (κ3) is 2.95. The number of phenols is 1. The van der Waals surface area contributed by atoms with Gasteiger partial charge in [0.1, 0.15) is 10.6 Å². The molecule has 1 N–H and O–H groups in total. The number of hydrogen-bond acceptors (Lipinski definition) is 3. The summed E-state index contributed by atoms with van der Waals surface area (Å²) in [4.78, 5) is 15.2. The standard InChI is InChI=1S/C19H20N2O2S/c1-13-8-9-14(2)21(13)16-10-11-24-18(16)19(23)20(3)12-15-6-4-5-7-17(15)22/h4-11,22H,12H2,1-3H3. The van der Waals surface area contributed by atoms with E-state index in [4.69, 9.17) is 0 Å². The second-order valence-electron chi connectivity index (χ2n) is 5.88. The molecular weight excluding hydrogens is 320 g/mol. The van der Waals surface area contributed by atoms with Crippen LogP contribution >= 0.6 is 11.3 Å². The Balaban J connectivity index is 1.89. The highest BCUT2D eigenvalue weighted by atomic mass is 32.1. The molecule has 0 spiro atoms. The molecule has 24 heavy (non-hydrogen) atoms. The molecule has 5 heteroatoms.